The molecule has 2 saturated heterocycles. The van der Waals surface area contributed by atoms with Gasteiger partial charge in [-0.15, -0.1) is 0 Å². The van der Waals surface area contributed by atoms with Crippen molar-refractivity contribution < 1.29 is 4.74 Å². The standard InChI is InChI=1S/C22H30N4O/c1-18-5-3-7-21(24-18)13-26-16-22(17-26)11-19(8-10-25(22)2)14-27-15-20-6-4-9-23-12-20/h3-7,9,12,19H,8,10-11,13-17H2,1-2H3. The second-order valence-electron chi connectivity index (χ2n) is 8.30. The molecule has 1 spiro atoms. The molecule has 5 nitrogen and oxygen atoms in total. The molecule has 2 fully saturated rings. The zero-order valence-electron chi connectivity index (χ0n) is 16.5. The van der Waals surface area contributed by atoms with E-state index < -0.39 is 0 Å². The fraction of sp³-hybridized carbons (Fsp3) is 0.545. The molecule has 0 saturated carbocycles. The van der Waals surface area contributed by atoms with E-state index in [0.717, 1.165) is 44.0 Å². The Bertz CT molecular complexity index is 745. The summed E-state index contributed by atoms with van der Waals surface area (Å²) < 4.78 is 6.01. The number of piperidine rings is 1. The number of likely N-dealkylation sites (tertiary alicyclic amines) is 2. The fourth-order valence-electron chi connectivity index (χ4n) is 4.56. The van der Waals surface area contributed by atoms with E-state index in [0.29, 0.717) is 18.1 Å². The van der Waals surface area contributed by atoms with Crippen molar-refractivity contribution in [3.05, 3.63) is 59.7 Å². The lowest BCUT2D eigenvalue weighted by molar-refractivity contribution is -0.0939. The Balaban J connectivity index is 1.27. The largest absolute Gasteiger partial charge is 0.376 e. The minimum absolute atomic E-state index is 0.324. The highest BCUT2D eigenvalue weighted by Crippen LogP contribution is 2.38. The number of hydrogen-bond donors (Lipinski definition) is 0. The summed E-state index contributed by atoms with van der Waals surface area (Å²) in [6, 6.07) is 10.3. The van der Waals surface area contributed by atoms with Crippen molar-refractivity contribution >= 4 is 0 Å². The Labute approximate surface area is 162 Å². The summed E-state index contributed by atoms with van der Waals surface area (Å²) in [6.07, 6.45) is 6.15. The number of rotatable bonds is 6. The minimum atomic E-state index is 0.324. The number of aromatic nitrogens is 2. The van der Waals surface area contributed by atoms with Gasteiger partial charge in [0.1, 0.15) is 0 Å². The van der Waals surface area contributed by atoms with Crippen molar-refractivity contribution in [2.45, 2.75) is 38.5 Å². The first-order valence-corrected chi connectivity index (χ1v) is 9.96. The number of aryl methyl sites for hydroxylation is 1. The predicted octanol–water partition coefficient (Wildman–Crippen LogP) is 2.90. The molecule has 1 unspecified atom stereocenters. The third kappa shape index (κ3) is 4.37. The molecule has 1 atom stereocenters. The van der Waals surface area contributed by atoms with E-state index in [9.17, 15) is 0 Å². The molecular weight excluding hydrogens is 336 g/mol. The monoisotopic (exact) mass is 366 g/mol. The third-order valence-electron chi connectivity index (χ3n) is 6.06. The first-order chi connectivity index (χ1) is 13.1. The van der Waals surface area contributed by atoms with Crippen molar-refractivity contribution in [2.75, 3.05) is 33.3 Å². The van der Waals surface area contributed by atoms with Gasteiger partial charge in [-0.3, -0.25) is 19.8 Å². The van der Waals surface area contributed by atoms with E-state index in [2.05, 4.69) is 58.0 Å². The van der Waals surface area contributed by atoms with Gasteiger partial charge in [0.15, 0.2) is 0 Å². The third-order valence-corrected chi connectivity index (χ3v) is 6.06. The molecule has 0 radical (unpaired) electrons. The highest BCUT2D eigenvalue weighted by atomic mass is 16.5. The summed E-state index contributed by atoms with van der Waals surface area (Å²) in [4.78, 5) is 13.9. The Morgan fingerprint density at radius 1 is 1.22 bits per heavy atom. The van der Waals surface area contributed by atoms with Crippen LogP contribution in [0.1, 0.15) is 29.8 Å². The number of pyridine rings is 2. The molecule has 0 N–H and O–H groups in total. The van der Waals surface area contributed by atoms with E-state index >= 15 is 0 Å². The molecule has 0 aliphatic carbocycles. The van der Waals surface area contributed by atoms with Gasteiger partial charge >= 0.3 is 0 Å². The highest BCUT2D eigenvalue weighted by molar-refractivity contribution is 5.13. The molecule has 4 rings (SSSR count). The van der Waals surface area contributed by atoms with Crippen LogP contribution in [0.15, 0.2) is 42.7 Å². The Morgan fingerprint density at radius 3 is 2.89 bits per heavy atom. The summed E-state index contributed by atoms with van der Waals surface area (Å²) >= 11 is 0. The molecule has 27 heavy (non-hydrogen) atoms. The lowest BCUT2D eigenvalue weighted by Gasteiger charge is -2.58. The Hall–Kier alpha value is -1.82. The summed E-state index contributed by atoms with van der Waals surface area (Å²) in [6.45, 7) is 7.97. The lowest BCUT2D eigenvalue weighted by atomic mass is 9.75. The van der Waals surface area contributed by atoms with Gasteiger partial charge in [0, 0.05) is 49.9 Å². The number of likely N-dealkylation sites (N-methyl/N-ethyl adjacent to an activating group) is 1. The summed E-state index contributed by atoms with van der Waals surface area (Å²) in [5.74, 6) is 0.650. The van der Waals surface area contributed by atoms with Gasteiger partial charge in [-0.1, -0.05) is 12.1 Å². The molecule has 2 aromatic heterocycles. The van der Waals surface area contributed by atoms with E-state index in [1.165, 1.54) is 18.5 Å². The smallest absolute Gasteiger partial charge is 0.0731 e. The fourth-order valence-corrected chi connectivity index (χ4v) is 4.56. The lowest BCUT2D eigenvalue weighted by Crippen LogP contribution is -2.71. The van der Waals surface area contributed by atoms with Crippen LogP contribution in [0.3, 0.4) is 0 Å². The van der Waals surface area contributed by atoms with Gasteiger partial charge in [-0.25, -0.2) is 0 Å². The van der Waals surface area contributed by atoms with Crippen LogP contribution in [-0.2, 0) is 17.9 Å². The topological polar surface area (TPSA) is 41.5 Å². The molecule has 0 bridgehead atoms. The number of nitrogens with zero attached hydrogens (tertiary/aromatic N) is 4. The van der Waals surface area contributed by atoms with Crippen molar-refractivity contribution in [3.8, 4) is 0 Å². The molecule has 2 aliphatic rings. The maximum Gasteiger partial charge on any atom is 0.0731 e. The van der Waals surface area contributed by atoms with Crippen molar-refractivity contribution in [1.29, 1.82) is 0 Å². The number of hydrogen-bond acceptors (Lipinski definition) is 5. The summed E-state index contributed by atoms with van der Waals surface area (Å²) in [5.41, 5.74) is 3.76. The second-order valence-corrected chi connectivity index (χ2v) is 8.30. The van der Waals surface area contributed by atoms with E-state index in [4.69, 9.17) is 4.74 Å². The van der Waals surface area contributed by atoms with Crippen LogP contribution in [0.2, 0.25) is 0 Å². The zero-order valence-corrected chi connectivity index (χ0v) is 16.5. The number of ether oxygens (including phenoxy) is 1. The van der Waals surface area contributed by atoms with Crippen molar-refractivity contribution in [1.82, 2.24) is 19.8 Å². The van der Waals surface area contributed by atoms with Crippen LogP contribution in [0.5, 0.6) is 0 Å². The molecule has 2 aromatic rings. The summed E-state index contributed by atoms with van der Waals surface area (Å²) in [5, 5.41) is 0. The van der Waals surface area contributed by atoms with Crippen LogP contribution in [0, 0.1) is 12.8 Å². The summed E-state index contributed by atoms with van der Waals surface area (Å²) in [7, 11) is 2.29. The molecule has 0 aromatic carbocycles. The van der Waals surface area contributed by atoms with Gasteiger partial charge in [0.2, 0.25) is 0 Å². The van der Waals surface area contributed by atoms with Crippen LogP contribution < -0.4 is 0 Å². The SMILES string of the molecule is Cc1cccc(CN2CC3(CC(COCc4cccnc4)CCN3C)C2)n1. The Kier molecular flexibility index (Phi) is 5.53. The maximum absolute atomic E-state index is 6.01. The van der Waals surface area contributed by atoms with Gasteiger partial charge in [-0.2, -0.15) is 0 Å². The van der Waals surface area contributed by atoms with Gasteiger partial charge in [0.05, 0.1) is 12.3 Å². The van der Waals surface area contributed by atoms with Crippen LogP contribution >= 0.6 is 0 Å². The van der Waals surface area contributed by atoms with E-state index in [-0.39, 0.29) is 0 Å². The van der Waals surface area contributed by atoms with Crippen LogP contribution in [0.25, 0.3) is 0 Å². The van der Waals surface area contributed by atoms with E-state index in [1.807, 2.05) is 12.3 Å². The van der Waals surface area contributed by atoms with Gasteiger partial charge < -0.3 is 4.74 Å². The van der Waals surface area contributed by atoms with Crippen molar-refractivity contribution in [2.24, 2.45) is 5.92 Å². The normalized spacial score (nSPS) is 22.7. The highest BCUT2D eigenvalue weighted by Gasteiger charge is 2.49. The molecule has 4 heterocycles. The molecular formula is C22H30N4O. The average molecular weight is 367 g/mol. The quantitative estimate of drug-likeness (QED) is 0.786. The molecule has 2 aliphatic heterocycles. The van der Waals surface area contributed by atoms with Gasteiger partial charge in [-0.05, 0) is 63.0 Å². The zero-order chi connectivity index (χ0) is 18.7. The average Bonchev–Trinajstić information content (AvgIpc) is 2.64. The molecule has 0 amide bonds. The van der Waals surface area contributed by atoms with Crippen molar-refractivity contribution in [3.63, 3.8) is 0 Å². The Morgan fingerprint density at radius 2 is 2.11 bits per heavy atom. The molecule has 5 heteroatoms. The second kappa shape index (κ2) is 8.05. The minimum Gasteiger partial charge on any atom is -0.376 e. The molecule has 144 valence electrons. The van der Waals surface area contributed by atoms with E-state index in [1.54, 1.807) is 6.20 Å². The van der Waals surface area contributed by atoms with Crippen LogP contribution in [-0.4, -0.2) is 58.6 Å². The maximum atomic E-state index is 6.01. The van der Waals surface area contributed by atoms with Crippen LogP contribution in [0.4, 0.5) is 0 Å². The van der Waals surface area contributed by atoms with Gasteiger partial charge in [0.25, 0.3) is 0 Å². The first kappa shape index (κ1) is 18.5. The predicted molar refractivity (Wildman–Crippen MR) is 106 cm³/mol. The first-order valence-electron chi connectivity index (χ1n) is 9.96.